The fourth-order valence-electron chi connectivity index (χ4n) is 1.18. The van der Waals surface area contributed by atoms with Gasteiger partial charge in [-0.3, -0.25) is 4.90 Å². The smallest absolute Gasteiger partial charge is 0.0558 e. The van der Waals surface area contributed by atoms with Gasteiger partial charge >= 0.3 is 0 Å². The van der Waals surface area contributed by atoms with Crippen molar-refractivity contribution in [2.24, 2.45) is 0 Å². The molecule has 0 aromatic rings. The van der Waals surface area contributed by atoms with Crippen LogP contribution in [0.25, 0.3) is 0 Å². The quantitative estimate of drug-likeness (QED) is 0.560. The first-order valence-corrected chi connectivity index (χ1v) is 3.59. The molecular formula is C7H15NO. The van der Waals surface area contributed by atoms with Crippen LogP contribution in [-0.4, -0.2) is 35.2 Å². The van der Waals surface area contributed by atoms with Crippen molar-refractivity contribution in [2.45, 2.75) is 25.8 Å². The molecule has 0 amide bonds. The molecule has 1 fully saturated rings. The van der Waals surface area contributed by atoms with Crippen LogP contribution in [0.1, 0.15) is 20.3 Å². The van der Waals surface area contributed by atoms with E-state index in [2.05, 4.69) is 18.7 Å². The lowest BCUT2D eigenvalue weighted by Gasteiger charge is -2.06. The Morgan fingerprint density at radius 3 is 2.67 bits per heavy atom. The highest BCUT2D eigenvalue weighted by Gasteiger charge is 2.44. The van der Waals surface area contributed by atoms with Gasteiger partial charge < -0.3 is 5.11 Å². The van der Waals surface area contributed by atoms with Gasteiger partial charge in [-0.05, 0) is 13.3 Å². The van der Waals surface area contributed by atoms with E-state index in [-0.39, 0.29) is 0 Å². The number of rotatable bonds is 3. The zero-order valence-corrected chi connectivity index (χ0v) is 6.22. The number of hydrogen-bond acceptors (Lipinski definition) is 2. The molecule has 1 heterocycles. The second-order valence-corrected chi connectivity index (χ2v) is 3.00. The molecule has 1 N–H and O–H groups in total. The summed E-state index contributed by atoms with van der Waals surface area (Å²) in [5, 5.41) is 8.56. The maximum atomic E-state index is 8.56. The molecular weight excluding hydrogens is 114 g/mol. The summed E-state index contributed by atoms with van der Waals surface area (Å²) < 4.78 is 0. The van der Waals surface area contributed by atoms with Crippen LogP contribution in [0.3, 0.4) is 0 Å². The lowest BCUT2D eigenvalue weighted by atomic mass is 10.1. The highest BCUT2D eigenvalue weighted by Crippen LogP contribution is 2.33. The van der Waals surface area contributed by atoms with Gasteiger partial charge in [0.2, 0.25) is 0 Å². The fraction of sp³-hybridized carbons (Fsp3) is 1.00. The summed E-state index contributed by atoms with van der Waals surface area (Å²) in [6.07, 6.45) is 1.20. The molecule has 1 aliphatic rings. The van der Waals surface area contributed by atoms with Crippen LogP contribution in [0.4, 0.5) is 0 Å². The van der Waals surface area contributed by atoms with E-state index in [1.165, 1.54) is 13.0 Å². The van der Waals surface area contributed by atoms with Gasteiger partial charge in [-0.2, -0.15) is 0 Å². The van der Waals surface area contributed by atoms with E-state index in [1.54, 1.807) is 0 Å². The summed E-state index contributed by atoms with van der Waals surface area (Å²) in [5.74, 6) is 0. The van der Waals surface area contributed by atoms with Crippen molar-refractivity contribution in [3.63, 3.8) is 0 Å². The zero-order valence-electron chi connectivity index (χ0n) is 6.22. The average molecular weight is 129 g/mol. The van der Waals surface area contributed by atoms with Crippen LogP contribution in [0, 0.1) is 0 Å². The van der Waals surface area contributed by atoms with Gasteiger partial charge in [-0.25, -0.2) is 0 Å². The molecule has 9 heavy (non-hydrogen) atoms. The number of nitrogens with zero attached hydrogens (tertiary/aromatic N) is 1. The summed E-state index contributed by atoms with van der Waals surface area (Å²) in [7, 11) is 0. The SMILES string of the molecule is CCC1(C)CN1CCO. The molecule has 0 aliphatic carbocycles. The second kappa shape index (κ2) is 2.27. The van der Waals surface area contributed by atoms with Gasteiger partial charge in [-0.15, -0.1) is 0 Å². The molecule has 0 spiro atoms. The summed E-state index contributed by atoms with van der Waals surface area (Å²) in [6, 6.07) is 0. The Morgan fingerprint density at radius 2 is 2.33 bits per heavy atom. The topological polar surface area (TPSA) is 23.2 Å². The Hall–Kier alpha value is -0.0800. The third-order valence-corrected chi connectivity index (χ3v) is 2.32. The molecule has 2 unspecified atom stereocenters. The van der Waals surface area contributed by atoms with Crippen molar-refractivity contribution >= 4 is 0 Å². The van der Waals surface area contributed by atoms with Crippen LogP contribution in [0.2, 0.25) is 0 Å². The number of aliphatic hydroxyl groups excluding tert-OH is 1. The van der Waals surface area contributed by atoms with Crippen molar-refractivity contribution in [1.29, 1.82) is 0 Å². The maximum Gasteiger partial charge on any atom is 0.0558 e. The Morgan fingerprint density at radius 1 is 1.67 bits per heavy atom. The van der Waals surface area contributed by atoms with E-state index in [4.69, 9.17) is 5.11 Å². The van der Waals surface area contributed by atoms with Crippen LogP contribution < -0.4 is 0 Å². The molecule has 1 rings (SSSR count). The molecule has 1 aliphatic heterocycles. The van der Waals surface area contributed by atoms with Gasteiger partial charge in [-0.1, -0.05) is 6.92 Å². The molecule has 54 valence electrons. The Balaban J connectivity index is 2.22. The van der Waals surface area contributed by atoms with Gasteiger partial charge in [0.15, 0.2) is 0 Å². The van der Waals surface area contributed by atoms with E-state index in [0.29, 0.717) is 12.1 Å². The first kappa shape index (κ1) is 7.03. The Bertz CT molecular complexity index is 103. The van der Waals surface area contributed by atoms with Crippen molar-refractivity contribution in [2.75, 3.05) is 19.7 Å². The molecule has 2 atom stereocenters. The predicted octanol–water partition coefficient (Wildman–Crippen LogP) is 0.463. The standard InChI is InChI=1S/C7H15NO/c1-3-7(2)6-8(7)4-5-9/h9H,3-6H2,1-2H3. The number of aliphatic hydroxyl groups is 1. The summed E-state index contributed by atoms with van der Waals surface area (Å²) in [6.45, 7) is 6.75. The minimum Gasteiger partial charge on any atom is -0.395 e. The van der Waals surface area contributed by atoms with Crippen molar-refractivity contribution in [3.05, 3.63) is 0 Å². The van der Waals surface area contributed by atoms with E-state index < -0.39 is 0 Å². The summed E-state index contributed by atoms with van der Waals surface area (Å²) in [4.78, 5) is 2.30. The minimum absolute atomic E-state index is 0.301. The molecule has 2 nitrogen and oxygen atoms in total. The molecule has 0 bridgehead atoms. The summed E-state index contributed by atoms with van der Waals surface area (Å²) in [5.41, 5.74) is 0.433. The third-order valence-electron chi connectivity index (χ3n) is 2.32. The Labute approximate surface area is 56.5 Å². The fourth-order valence-corrected chi connectivity index (χ4v) is 1.18. The average Bonchev–Trinajstić information content (AvgIpc) is 2.46. The van der Waals surface area contributed by atoms with E-state index in [9.17, 15) is 0 Å². The Kier molecular flexibility index (Phi) is 1.78. The second-order valence-electron chi connectivity index (χ2n) is 3.00. The van der Waals surface area contributed by atoms with Crippen LogP contribution >= 0.6 is 0 Å². The minimum atomic E-state index is 0.301. The highest BCUT2D eigenvalue weighted by atomic mass is 16.3. The molecule has 0 radical (unpaired) electrons. The van der Waals surface area contributed by atoms with E-state index in [1.807, 2.05) is 0 Å². The number of β-amino-alcohol motifs (C(OH)–C–C–N with tert-alkyl or cyclic N) is 1. The van der Waals surface area contributed by atoms with Crippen LogP contribution in [0.15, 0.2) is 0 Å². The van der Waals surface area contributed by atoms with Crippen molar-refractivity contribution in [1.82, 2.24) is 4.90 Å². The molecule has 1 saturated heterocycles. The molecule has 0 saturated carbocycles. The van der Waals surface area contributed by atoms with Crippen LogP contribution in [-0.2, 0) is 0 Å². The zero-order chi connectivity index (χ0) is 6.91. The van der Waals surface area contributed by atoms with Crippen molar-refractivity contribution in [3.8, 4) is 0 Å². The number of hydrogen-bond donors (Lipinski definition) is 1. The first-order chi connectivity index (χ1) is 4.23. The van der Waals surface area contributed by atoms with Gasteiger partial charge in [0.05, 0.1) is 6.61 Å². The lowest BCUT2D eigenvalue weighted by Crippen LogP contribution is -2.15. The third kappa shape index (κ3) is 1.25. The largest absolute Gasteiger partial charge is 0.395 e. The van der Waals surface area contributed by atoms with Gasteiger partial charge in [0.1, 0.15) is 0 Å². The van der Waals surface area contributed by atoms with Crippen molar-refractivity contribution < 1.29 is 5.11 Å². The maximum absolute atomic E-state index is 8.56. The predicted molar refractivity (Wildman–Crippen MR) is 37.4 cm³/mol. The van der Waals surface area contributed by atoms with Gasteiger partial charge in [0, 0.05) is 18.6 Å². The highest BCUT2D eigenvalue weighted by molar-refractivity contribution is 5.01. The van der Waals surface area contributed by atoms with E-state index >= 15 is 0 Å². The van der Waals surface area contributed by atoms with Crippen LogP contribution in [0.5, 0.6) is 0 Å². The lowest BCUT2D eigenvalue weighted by molar-refractivity contribution is 0.253. The van der Waals surface area contributed by atoms with E-state index in [0.717, 1.165) is 6.54 Å². The van der Waals surface area contributed by atoms with Gasteiger partial charge in [0.25, 0.3) is 0 Å². The normalized spacial score (nSPS) is 41.0. The summed E-state index contributed by atoms with van der Waals surface area (Å²) >= 11 is 0. The molecule has 0 aromatic heterocycles. The molecule has 0 aromatic carbocycles. The molecule has 2 heteroatoms. The first-order valence-electron chi connectivity index (χ1n) is 3.59. The monoisotopic (exact) mass is 129 g/mol.